The number of nitrogens with two attached hydrogens (primary N) is 1. The van der Waals surface area contributed by atoms with Crippen molar-refractivity contribution in [3.63, 3.8) is 0 Å². The molecule has 1 aliphatic rings. The third-order valence-corrected chi connectivity index (χ3v) is 3.00. The van der Waals surface area contributed by atoms with E-state index in [0.717, 1.165) is 19.3 Å². The standard InChI is InChI=1S/C14H26N2O4/c1-9(15)12(17)19-11-7-5-6-10(8-11)16-13(18)20-14(2,3)4/h9-11H,5-8,15H2,1-4H3,(H,16,18). The van der Waals surface area contributed by atoms with Crippen LogP contribution in [0.5, 0.6) is 0 Å². The molecule has 1 saturated carbocycles. The van der Waals surface area contributed by atoms with Crippen molar-refractivity contribution in [2.75, 3.05) is 0 Å². The van der Waals surface area contributed by atoms with Crippen molar-refractivity contribution < 1.29 is 19.1 Å². The van der Waals surface area contributed by atoms with E-state index in [1.165, 1.54) is 0 Å². The first-order valence-electron chi connectivity index (χ1n) is 7.13. The van der Waals surface area contributed by atoms with E-state index in [2.05, 4.69) is 5.32 Å². The van der Waals surface area contributed by atoms with Gasteiger partial charge < -0.3 is 20.5 Å². The summed E-state index contributed by atoms with van der Waals surface area (Å²) in [5, 5.41) is 2.82. The number of hydrogen-bond acceptors (Lipinski definition) is 5. The second-order valence-corrected chi connectivity index (χ2v) is 6.36. The largest absolute Gasteiger partial charge is 0.461 e. The summed E-state index contributed by atoms with van der Waals surface area (Å²) in [7, 11) is 0. The van der Waals surface area contributed by atoms with Gasteiger partial charge in [0.15, 0.2) is 0 Å². The highest BCUT2D eigenvalue weighted by Crippen LogP contribution is 2.22. The van der Waals surface area contributed by atoms with Crippen LogP contribution >= 0.6 is 0 Å². The number of carbonyl (C=O) groups excluding carboxylic acids is 2. The van der Waals surface area contributed by atoms with Crippen LogP contribution in [0.3, 0.4) is 0 Å². The van der Waals surface area contributed by atoms with E-state index in [-0.39, 0.29) is 12.1 Å². The van der Waals surface area contributed by atoms with Crippen molar-refractivity contribution in [3.8, 4) is 0 Å². The van der Waals surface area contributed by atoms with Crippen molar-refractivity contribution in [3.05, 3.63) is 0 Å². The second-order valence-electron chi connectivity index (χ2n) is 6.36. The molecule has 1 aliphatic carbocycles. The van der Waals surface area contributed by atoms with E-state index in [1.54, 1.807) is 6.92 Å². The minimum Gasteiger partial charge on any atom is -0.461 e. The third-order valence-electron chi connectivity index (χ3n) is 3.00. The average molecular weight is 286 g/mol. The first-order valence-corrected chi connectivity index (χ1v) is 7.13. The van der Waals surface area contributed by atoms with Gasteiger partial charge in [0, 0.05) is 12.5 Å². The fraction of sp³-hybridized carbons (Fsp3) is 0.857. The Labute approximate surface area is 120 Å². The summed E-state index contributed by atoms with van der Waals surface area (Å²) in [6, 6.07) is -0.640. The molecule has 0 bridgehead atoms. The van der Waals surface area contributed by atoms with Gasteiger partial charge in [-0.3, -0.25) is 4.79 Å². The van der Waals surface area contributed by atoms with Crippen LogP contribution in [-0.4, -0.2) is 35.9 Å². The van der Waals surface area contributed by atoms with E-state index in [4.69, 9.17) is 15.2 Å². The summed E-state index contributed by atoms with van der Waals surface area (Å²) in [5.74, 6) is -0.395. The number of nitrogens with one attached hydrogen (secondary N) is 1. The third kappa shape index (κ3) is 6.23. The molecule has 0 aliphatic heterocycles. The van der Waals surface area contributed by atoms with Crippen LogP contribution in [0.1, 0.15) is 53.4 Å². The number of carbonyl (C=O) groups is 2. The molecule has 1 rings (SSSR count). The van der Waals surface area contributed by atoms with Gasteiger partial charge >= 0.3 is 12.1 Å². The highest BCUT2D eigenvalue weighted by molar-refractivity contribution is 5.75. The Morgan fingerprint density at radius 3 is 2.50 bits per heavy atom. The number of esters is 1. The van der Waals surface area contributed by atoms with Gasteiger partial charge in [0.25, 0.3) is 0 Å². The van der Waals surface area contributed by atoms with Gasteiger partial charge in [-0.15, -0.1) is 0 Å². The van der Waals surface area contributed by atoms with E-state index >= 15 is 0 Å². The molecule has 3 atom stereocenters. The normalized spacial score (nSPS) is 24.6. The maximum absolute atomic E-state index is 11.7. The number of alkyl carbamates (subject to hydrolysis) is 1. The van der Waals surface area contributed by atoms with Gasteiger partial charge in [0.05, 0.1) is 0 Å². The Balaban J connectivity index is 2.41. The predicted octanol–water partition coefficient (Wildman–Crippen LogP) is 1.71. The minimum absolute atomic E-state index is 0.0236. The molecule has 6 nitrogen and oxygen atoms in total. The Bertz CT molecular complexity index is 350. The molecule has 0 heterocycles. The lowest BCUT2D eigenvalue weighted by molar-refractivity contribution is -0.151. The molecule has 20 heavy (non-hydrogen) atoms. The van der Waals surface area contributed by atoms with E-state index in [9.17, 15) is 9.59 Å². The smallest absolute Gasteiger partial charge is 0.407 e. The van der Waals surface area contributed by atoms with Crippen LogP contribution < -0.4 is 11.1 Å². The quantitative estimate of drug-likeness (QED) is 0.771. The molecule has 6 heteroatoms. The molecular weight excluding hydrogens is 260 g/mol. The fourth-order valence-electron chi connectivity index (χ4n) is 2.13. The molecule has 0 spiro atoms. The summed E-state index contributed by atoms with van der Waals surface area (Å²) in [6.45, 7) is 7.06. The van der Waals surface area contributed by atoms with Crippen LogP contribution in [0, 0.1) is 0 Å². The van der Waals surface area contributed by atoms with Gasteiger partial charge in [-0.05, 0) is 47.0 Å². The van der Waals surface area contributed by atoms with Crippen LogP contribution in [-0.2, 0) is 14.3 Å². The Kier molecular flexibility index (Phi) is 5.80. The molecule has 116 valence electrons. The summed E-state index contributed by atoms with van der Waals surface area (Å²) in [5.41, 5.74) is 4.96. The molecule has 0 saturated heterocycles. The molecule has 3 unspecified atom stereocenters. The van der Waals surface area contributed by atoms with Crippen molar-refractivity contribution in [1.29, 1.82) is 0 Å². The zero-order chi connectivity index (χ0) is 15.3. The Morgan fingerprint density at radius 2 is 1.95 bits per heavy atom. The monoisotopic (exact) mass is 286 g/mol. The van der Waals surface area contributed by atoms with E-state index in [0.29, 0.717) is 6.42 Å². The van der Waals surface area contributed by atoms with Gasteiger partial charge in [-0.1, -0.05) is 0 Å². The SMILES string of the molecule is CC(N)C(=O)OC1CCCC(NC(=O)OC(C)(C)C)C1. The minimum atomic E-state index is -0.616. The lowest BCUT2D eigenvalue weighted by atomic mass is 9.93. The van der Waals surface area contributed by atoms with Gasteiger partial charge in [-0.25, -0.2) is 4.79 Å². The molecule has 1 fully saturated rings. The van der Waals surface area contributed by atoms with Crippen LogP contribution in [0.25, 0.3) is 0 Å². The predicted molar refractivity (Wildman–Crippen MR) is 75.2 cm³/mol. The number of rotatable bonds is 3. The fourth-order valence-corrected chi connectivity index (χ4v) is 2.13. The molecule has 0 aromatic carbocycles. The van der Waals surface area contributed by atoms with Crippen LogP contribution in [0.4, 0.5) is 4.79 Å². The molecule has 0 radical (unpaired) electrons. The zero-order valence-electron chi connectivity index (χ0n) is 12.8. The molecule has 1 amide bonds. The van der Waals surface area contributed by atoms with Gasteiger partial charge in [0.1, 0.15) is 17.7 Å². The number of hydrogen-bond donors (Lipinski definition) is 2. The van der Waals surface area contributed by atoms with Crippen molar-refractivity contribution in [2.45, 2.75) is 77.2 Å². The maximum Gasteiger partial charge on any atom is 0.407 e. The first-order chi connectivity index (χ1) is 9.17. The number of amides is 1. The molecule has 3 N–H and O–H groups in total. The topological polar surface area (TPSA) is 90.7 Å². The van der Waals surface area contributed by atoms with E-state index in [1.807, 2.05) is 20.8 Å². The molecular formula is C14H26N2O4. The molecule has 0 aromatic heterocycles. The van der Waals surface area contributed by atoms with E-state index < -0.39 is 23.7 Å². The van der Waals surface area contributed by atoms with Crippen LogP contribution in [0.2, 0.25) is 0 Å². The van der Waals surface area contributed by atoms with Gasteiger partial charge in [-0.2, -0.15) is 0 Å². The van der Waals surface area contributed by atoms with Crippen molar-refractivity contribution in [2.24, 2.45) is 5.73 Å². The highest BCUT2D eigenvalue weighted by Gasteiger charge is 2.28. The second kappa shape index (κ2) is 6.92. The van der Waals surface area contributed by atoms with Crippen molar-refractivity contribution >= 4 is 12.1 Å². The lowest BCUT2D eigenvalue weighted by Crippen LogP contribution is -2.44. The maximum atomic E-state index is 11.7. The van der Waals surface area contributed by atoms with Gasteiger partial charge in [0.2, 0.25) is 0 Å². The number of ether oxygens (including phenoxy) is 2. The molecule has 0 aromatic rings. The first kappa shape index (κ1) is 16.8. The highest BCUT2D eigenvalue weighted by atomic mass is 16.6. The average Bonchev–Trinajstić information content (AvgIpc) is 2.26. The summed E-state index contributed by atoms with van der Waals surface area (Å²) >= 11 is 0. The summed E-state index contributed by atoms with van der Waals surface area (Å²) in [6.07, 6.45) is 2.58. The van der Waals surface area contributed by atoms with Crippen LogP contribution in [0.15, 0.2) is 0 Å². The summed E-state index contributed by atoms with van der Waals surface area (Å²) < 4.78 is 10.5. The Morgan fingerprint density at radius 1 is 1.30 bits per heavy atom. The zero-order valence-corrected chi connectivity index (χ0v) is 12.8. The lowest BCUT2D eigenvalue weighted by Gasteiger charge is -2.30. The van der Waals surface area contributed by atoms with Crippen molar-refractivity contribution in [1.82, 2.24) is 5.32 Å². The Hall–Kier alpha value is -1.30. The summed E-state index contributed by atoms with van der Waals surface area (Å²) in [4.78, 5) is 23.2.